The lowest BCUT2D eigenvalue weighted by atomic mass is 9.96. The van der Waals surface area contributed by atoms with Crippen molar-refractivity contribution in [1.82, 2.24) is 10.2 Å². The standard InChI is InChI=1S/C11H22N2O2/c1-9(2)13(7-8-14)11(15)10-3-5-12-6-4-10/h9-10,12,14H,3-8H2,1-2H3. The highest BCUT2D eigenvalue weighted by Gasteiger charge is 2.26. The molecule has 0 radical (unpaired) electrons. The van der Waals surface area contributed by atoms with Gasteiger partial charge in [0.05, 0.1) is 6.61 Å². The summed E-state index contributed by atoms with van der Waals surface area (Å²) in [5.41, 5.74) is 0. The third kappa shape index (κ3) is 3.47. The zero-order valence-corrected chi connectivity index (χ0v) is 9.70. The first-order valence-corrected chi connectivity index (χ1v) is 5.79. The molecule has 2 N–H and O–H groups in total. The lowest BCUT2D eigenvalue weighted by Crippen LogP contribution is -2.45. The van der Waals surface area contributed by atoms with Gasteiger partial charge in [0, 0.05) is 18.5 Å². The smallest absolute Gasteiger partial charge is 0.226 e. The van der Waals surface area contributed by atoms with Crippen molar-refractivity contribution in [2.24, 2.45) is 5.92 Å². The summed E-state index contributed by atoms with van der Waals surface area (Å²) in [6.07, 6.45) is 1.85. The molecular weight excluding hydrogens is 192 g/mol. The van der Waals surface area contributed by atoms with Crippen molar-refractivity contribution < 1.29 is 9.90 Å². The van der Waals surface area contributed by atoms with Gasteiger partial charge in [-0.25, -0.2) is 0 Å². The first-order valence-electron chi connectivity index (χ1n) is 5.79. The molecule has 4 nitrogen and oxygen atoms in total. The molecule has 4 heteroatoms. The maximum absolute atomic E-state index is 12.1. The summed E-state index contributed by atoms with van der Waals surface area (Å²) in [6.45, 7) is 6.36. The van der Waals surface area contributed by atoms with Gasteiger partial charge in [0.1, 0.15) is 0 Å². The molecular formula is C11H22N2O2. The van der Waals surface area contributed by atoms with Crippen molar-refractivity contribution in [2.75, 3.05) is 26.2 Å². The third-order valence-corrected chi connectivity index (χ3v) is 2.94. The molecule has 0 aliphatic carbocycles. The summed E-state index contributed by atoms with van der Waals surface area (Å²) >= 11 is 0. The van der Waals surface area contributed by atoms with Gasteiger partial charge >= 0.3 is 0 Å². The average molecular weight is 214 g/mol. The predicted molar refractivity (Wildman–Crippen MR) is 59.5 cm³/mol. The number of aliphatic hydroxyl groups is 1. The molecule has 15 heavy (non-hydrogen) atoms. The topological polar surface area (TPSA) is 52.6 Å². The van der Waals surface area contributed by atoms with Crippen LogP contribution in [0.5, 0.6) is 0 Å². The summed E-state index contributed by atoms with van der Waals surface area (Å²) in [7, 11) is 0. The van der Waals surface area contributed by atoms with Crippen molar-refractivity contribution in [3.8, 4) is 0 Å². The van der Waals surface area contributed by atoms with E-state index in [9.17, 15) is 4.79 Å². The Morgan fingerprint density at radius 1 is 1.47 bits per heavy atom. The number of rotatable bonds is 4. The van der Waals surface area contributed by atoms with Crippen LogP contribution < -0.4 is 5.32 Å². The van der Waals surface area contributed by atoms with Gasteiger partial charge < -0.3 is 15.3 Å². The Hall–Kier alpha value is -0.610. The molecule has 88 valence electrons. The van der Waals surface area contributed by atoms with Crippen LogP contribution in [0.2, 0.25) is 0 Å². The van der Waals surface area contributed by atoms with E-state index in [4.69, 9.17) is 5.11 Å². The average Bonchev–Trinajstić information content (AvgIpc) is 2.26. The Morgan fingerprint density at radius 3 is 2.53 bits per heavy atom. The van der Waals surface area contributed by atoms with E-state index in [1.165, 1.54) is 0 Å². The molecule has 1 heterocycles. The zero-order chi connectivity index (χ0) is 11.3. The number of carbonyl (C=O) groups is 1. The van der Waals surface area contributed by atoms with Crippen LogP contribution >= 0.6 is 0 Å². The zero-order valence-electron chi connectivity index (χ0n) is 9.70. The Labute approximate surface area is 91.6 Å². The van der Waals surface area contributed by atoms with Crippen molar-refractivity contribution in [2.45, 2.75) is 32.7 Å². The Morgan fingerprint density at radius 2 is 2.07 bits per heavy atom. The van der Waals surface area contributed by atoms with Crippen molar-refractivity contribution >= 4 is 5.91 Å². The Kier molecular flexibility index (Phi) is 5.05. The van der Waals surface area contributed by atoms with Gasteiger partial charge in [-0.3, -0.25) is 4.79 Å². The fourth-order valence-corrected chi connectivity index (χ4v) is 2.03. The van der Waals surface area contributed by atoms with E-state index >= 15 is 0 Å². The minimum Gasteiger partial charge on any atom is -0.395 e. The van der Waals surface area contributed by atoms with E-state index in [0.717, 1.165) is 25.9 Å². The van der Waals surface area contributed by atoms with E-state index in [1.807, 2.05) is 13.8 Å². The van der Waals surface area contributed by atoms with Gasteiger partial charge in [-0.1, -0.05) is 0 Å². The summed E-state index contributed by atoms with van der Waals surface area (Å²) in [5.74, 6) is 0.362. The fraction of sp³-hybridized carbons (Fsp3) is 0.909. The normalized spacial score (nSPS) is 18.1. The number of carbonyl (C=O) groups excluding carboxylic acids is 1. The molecule has 0 unspecified atom stereocenters. The van der Waals surface area contributed by atoms with Gasteiger partial charge in [0.15, 0.2) is 0 Å². The second kappa shape index (κ2) is 6.08. The molecule has 1 rings (SSSR count). The molecule has 0 spiro atoms. The maximum Gasteiger partial charge on any atom is 0.226 e. The molecule has 0 atom stereocenters. The van der Waals surface area contributed by atoms with E-state index < -0.39 is 0 Å². The first-order chi connectivity index (χ1) is 7.16. The van der Waals surface area contributed by atoms with Crippen LogP contribution in [-0.4, -0.2) is 48.2 Å². The number of hydrogen-bond donors (Lipinski definition) is 2. The molecule has 1 amide bonds. The van der Waals surface area contributed by atoms with Crippen LogP contribution in [0.1, 0.15) is 26.7 Å². The quantitative estimate of drug-likeness (QED) is 0.703. The third-order valence-electron chi connectivity index (χ3n) is 2.94. The van der Waals surface area contributed by atoms with E-state index in [0.29, 0.717) is 6.54 Å². The lowest BCUT2D eigenvalue weighted by molar-refractivity contribution is -0.138. The molecule has 1 fully saturated rings. The highest BCUT2D eigenvalue weighted by molar-refractivity contribution is 5.79. The SMILES string of the molecule is CC(C)N(CCO)C(=O)C1CCNCC1. The van der Waals surface area contributed by atoms with Gasteiger partial charge in [-0.2, -0.15) is 0 Å². The lowest BCUT2D eigenvalue weighted by Gasteiger charge is -2.32. The fourth-order valence-electron chi connectivity index (χ4n) is 2.03. The van der Waals surface area contributed by atoms with Crippen LogP contribution in [0.25, 0.3) is 0 Å². The number of amides is 1. The van der Waals surface area contributed by atoms with Crippen molar-refractivity contribution in [3.63, 3.8) is 0 Å². The summed E-state index contributed by atoms with van der Waals surface area (Å²) < 4.78 is 0. The number of piperidine rings is 1. The minimum atomic E-state index is 0.0505. The maximum atomic E-state index is 12.1. The van der Waals surface area contributed by atoms with Crippen molar-refractivity contribution in [3.05, 3.63) is 0 Å². The Bertz CT molecular complexity index is 201. The summed E-state index contributed by atoms with van der Waals surface area (Å²) in [6, 6.07) is 0.180. The second-order valence-electron chi connectivity index (χ2n) is 4.37. The van der Waals surface area contributed by atoms with Crippen LogP contribution in [0.4, 0.5) is 0 Å². The minimum absolute atomic E-state index is 0.0505. The van der Waals surface area contributed by atoms with Gasteiger partial charge in [-0.05, 0) is 39.8 Å². The highest BCUT2D eigenvalue weighted by atomic mass is 16.3. The summed E-state index contributed by atoms with van der Waals surface area (Å²) in [4.78, 5) is 13.9. The van der Waals surface area contributed by atoms with E-state index in [-0.39, 0.29) is 24.5 Å². The van der Waals surface area contributed by atoms with Crippen LogP contribution in [0.15, 0.2) is 0 Å². The molecule has 0 aromatic rings. The monoisotopic (exact) mass is 214 g/mol. The van der Waals surface area contributed by atoms with Crippen molar-refractivity contribution in [1.29, 1.82) is 0 Å². The Balaban J connectivity index is 2.53. The molecule has 0 saturated carbocycles. The van der Waals surface area contributed by atoms with Crippen LogP contribution in [-0.2, 0) is 4.79 Å². The number of aliphatic hydroxyl groups excluding tert-OH is 1. The number of nitrogens with zero attached hydrogens (tertiary/aromatic N) is 1. The van der Waals surface area contributed by atoms with Gasteiger partial charge in [0.25, 0.3) is 0 Å². The first kappa shape index (κ1) is 12.5. The van der Waals surface area contributed by atoms with Crippen LogP contribution in [0.3, 0.4) is 0 Å². The summed E-state index contributed by atoms with van der Waals surface area (Å²) in [5, 5.41) is 12.2. The number of nitrogens with one attached hydrogen (secondary N) is 1. The predicted octanol–water partition coefficient (Wildman–Crippen LogP) is 0.215. The second-order valence-corrected chi connectivity index (χ2v) is 4.37. The highest BCUT2D eigenvalue weighted by Crippen LogP contribution is 2.16. The molecule has 1 saturated heterocycles. The molecule has 1 aliphatic rings. The van der Waals surface area contributed by atoms with Crippen LogP contribution in [0, 0.1) is 5.92 Å². The van der Waals surface area contributed by atoms with Gasteiger partial charge in [0.2, 0.25) is 5.91 Å². The van der Waals surface area contributed by atoms with E-state index in [1.54, 1.807) is 4.90 Å². The molecule has 1 aliphatic heterocycles. The van der Waals surface area contributed by atoms with Gasteiger partial charge in [-0.15, -0.1) is 0 Å². The molecule has 0 bridgehead atoms. The van der Waals surface area contributed by atoms with E-state index in [2.05, 4.69) is 5.32 Å². The molecule has 0 aromatic heterocycles. The number of hydrogen-bond acceptors (Lipinski definition) is 3. The molecule has 0 aromatic carbocycles. The largest absolute Gasteiger partial charge is 0.395 e.